The molecule has 2 N–H and O–H groups in total. The smallest absolute Gasteiger partial charge is 0.262 e. The van der Waals surface area contributed by atoms with Crippen molar-refractivity contribution in [3.8, 4) is 11.5 Å². The second-order valence-electron chi connectivity index (χ2n) is 6.43. The van der Waals surface area contributed by atoms with Crippen LogP contribution in [0.2, 0.25) is 0 Å². The zero-order valence-corrected chi connectivity index (χ0v) is 16.4. The van der Waals surface area contributed by atoms with Crippen molar-refractivity contribution in [3.63, 3.8) is 0 Å². The number of methoxy groups -OCH3 is 2. The fourth-order valence-electron chi connectivity index (χ4n) is 2.46. The average molecular weight is 383 g/mol. The van der Waals surface area contributed by atoms with Gasteiger partial charge in [0.05, 0.1) is 20.4 Å². The average Bonchev–Trinajstić information content (AvgIpc) is 2.71. The van der Waals surface area contributed by atoms with E-state index in [0.29, 0.717) is 17.1 Å². The van der Waals surface area contributed by atoms with Crippen LogP contribution in [0, 0.1) is 5.92 Å². The van der Waals surface area contributed by atoms with E-state index < -0.39 is 11.9 Å². The van der Waals surface area contributed by atoms with E-state index in [-0.39, 0.29) is 11.8 Å². The van der Waals surface area contributed by atoms with Crippen LogP contribution in [0.15, 0.2) is 53.6 Å². The molecule has 0 heterocycles. The van der Waals surface area contributed by atoms with Crippen LogP contribution >= 0.6 is 0 Å². The molecule has 28 heavy (non-hydrogen) atoms. The van der Waals surface area contributed by atoms with Gasteiger partial charge in [0.1, 0.15) is 17.5 Å². The molecule has 7 heteroatoms. The van der Waals surface area contributed by atoms with Gasteiger partial charge in [-0.05, 0) is 47.9 Å². The Morgan fingerprint density at radius 3 is 2.29 bits per heavy atom. The van der Waals surface area contributed by atoms with E-state index in [1.54, 1.807) is 44.6 Å². The van der Waals surface area contributed by atoms with Crippen molar-refractivity contribution in [1.29, 1.82) is 0 Å². The van der Waals surface area contributed by atoms with E-state index >= 15 is 0 Å². The minimum atomic E-state index is -0.725. The lowest BCUT2D eigenvalue weighted by Gasteiger charge is -2.20. The molecule has 0 aliphatic heterocycles. The summed E-state index contributed by atoms with van der Waals surface area (Å²) in [4.78, 5) is 24.9. The summed E-state index contributed by atoms with van der Waals surface area (Å²) in [5.41, 5.74) is 3.70. The number of nitrogens with one attached hydrogen (secondary N) is 2. The summed E-state index contributed by atoms with van der Waals surface area (Å²) in [6.45, 7) is 3.70. The highest BCUT2D eigenvalue weighted by Crippen LogP contribution is 2.12. The van der Waals surface area contributed by atoms with Crippen LogP contribution in [0.25, 0.3) is 0 Å². The molecule has 0 saturated heterocycles. The minimum Gasteiger partial charge on any atom is -0.497 e. The van der Waals surface area contributed by atoms with Gasteiger partial charge in [0.25, 0.3) is 11.8 Å². The van der Waals surface area contributed by atoms with E-state index in [4.69, 9.17) is 9.47 Å². The molecular weight excluding hydrogens is 358 g/mol. The minimum absolute atomic E-state index is 0.116. The molecule has 7 nitrogen and oxygen atoms in total. The Morgan fingerprint density at radius 2 is 1.68 bits per heavy atom. The summed E-state index contributed by atoms with van der Waals surface area (Å²) in [6, 6.07) is 13.2. The van der Waals surface area contributed by atoms with E-state index in [1.807, 2.05) is 32.0 Å². The third-order valence-electron chi connectivity index (χ3n) is 4.07. The number of hydrogen-bond donors (Lipinski definition) is 2. The van der Waals surface area contributed by atoms with Crippen molar-refractivity contribution in [3.05, 3.63) is 59.7 Å². The molecule has 1 atom stereocenters. The van der Waals surface area contributed by atoms with Gasteiger partial charge in [-0.2, -0.15) is 5.10 Å². The highest BCUT2D eigenvalue weighted by molar-refractivity contribution is 5.97. The summed E-state index contributed by atoms with van der Waals surface area (Å²) in [5.74, 6) is 0.502. The van der Waals surface area contributed by atoms with Gasteiger partial charge >= 0.3 is 0 Å². The Bertz CT molecular complexity index is 832. The molecule has 148 valence electrons. The van der Waals surface area contributed by atoms with E-state index in [1.165, 1.54) is 6.21 Å². The molecular formula is C21H25N3O4. The number of rotatable bonds is 8. The summed E-state index contributed by atoms with van der Waals surface area (Å²) in [6.07, 6.45) is 1.52. The van der Waals surface area contributed by atoms with Crippen molar-refractivity contribution < 1.29 is 19.1 Å². The normalized spacial score (nSPS) is 11.9. The molecule has 0 spiro atoms. The monoisotopic (exact) mass is 383 g/mol. The number of hydrogen-bond acceptors (Lipinski definition) is 5. The first-order valence-electron chi connectivity index (χ1n) is 8.86. The van der Waals surface area contributed by atoms with Gasteiger partial charge in [-0.3, -0.25) is 9.59 Å². The van der Waals surface area contributed by atoms with Crippen LogP contribution < -0.4 is 20.2 Å². The quantitative estimate of drug-likeness (QED) is 0.542. The molecule has 1 unspecified atom stereocenters. The first-order valence-corrected chi connectivity index (χ1v) is 8.86. The highest BCUT2D eigenvalue weighted by atomic mass is 16.5. The third kappa shape index (κ3) is 5.84. The van der Waals surface area contributed by atoms with Gasteiger partial charge in [-0.25, -0.2) is 5.43 Å². The molecule has 2 rings (SSSR count). The summed E-state index contributed by atoms with van der Waals surface area (Å²) in [5, 5.41) is 6.73. The van der Waals surface area contributed by atoms with Gasteiger partial charge in [0.15, 0.2) is 0 Å². The molecule has 2 aromatic carbocycles. The number of nitrogens with zero attached hydrogens (tertiary/aromatic N) is 1. The Hall–Kier alpha value is -3.35. The number of carbonyl (C=O) groups excluding carboxylic acids is 2. The maximum Gasteiger partial charge on any atom is 0.262 e. The Morgan fingerprint density at radius 1 is 1.00 bits per heavy atom. The van der Waals surface area contributed by atoms with Crippen LogP contribution in [-0.2, 0) is 4.79 Å². The summed E-state index contributed by atoms with van der Waals surface area (Å²) >= 11 is 0. The fraction of sp³-hybridized carbons (Fsp3) is 0.286. The van der Waals surface area contributed by atoms with Gasteiger partial charge in [-0.1, -0.05) is 26.0 Å². The third-order valence-corrected chi connectivity index (χ3v) is 4.07. The molecule has 0 aliphatic carbocycles. The Labute approximate surface area is 164 Å². The predicted molar refractivity (Wildman–Crippen MR) is 108 cm³/mol. The first kappa shape index (κ1) is 21.0. The predicted octanol–water partition coefficient (Wildman–Crippen LogP) is 2.61. The maximum absolute atomic E-state index is 12.5. The topological polar surface area (TPSA) is 89.0 Å². The zero-order chi connectivity index (χ0) is 20.5. The molecule has 0 saturated carbocycles. The van der Waals surface area contributed by atoms with Crippen LogP contribution in [0.4, 0.5) is 0 Å². The first-order chi connectivity index (χ1) is 13.4. The highest BCUT2D eigenvalue weighted by Gasteiger charge is 2.24. The van der Waals surface area contributed by atoms with Crippen molar-refractivity contribution >= 4 is 18.0 Å². The molecule has 0 aromatic heterocycles. The van der Waals surface area contributed by atoms with Crippen LogP contribution in [0.1, 0.15) is 29.8 Å². The van der Waals surface area contributed by atoms with E-state index in [0.717, 1.165) is 5.56 Å². The maximum atomic E-state index is 12.5. The molecule has 0 fully saturated rings. The lowest BCUT2D eigenvalue weighted by Crippen LogP contribution is -2.48. The zero-order valence-electron chi connectivity index (χ0n) is 16.4. The van der Waals surface area contributed by atoms with Gasteiger partial charge in [-0.15, -0.1) is 0 Å². The lowest BCUT2D eigenvalue weighted by atomic mass is 10.0. The molecule has 2 amide bonds. The number of ether oxygens (including phenoxy) is 2. The Balaban J connectivity index is 2.00. The van der Waals surface area contributed by atoms with Crippen molar-refractivity contribution in [2.45, 2.75) is 19.9 Å². The molecule has 0 aliphatic rings. The van der Waals surface area contributed by atoms with Crippen molar-refractivity contribution in [2.24, 2.45) is 11.0 Å². The largest absolute Gasteiger partial charge is 0.497 e. The second kappa shape index (κ2) is 10.1. The summed E-state index contributed by atoms with van der Waals surface area (Å²) in [7, 11) is 3.14. The van der Waals surface area contributed by atoms with Gasteiger partial charge in [0, 0.05) is 5.56 Å². The number of benzene rings is 2. The SMILES string of the molecule is COc1ccc(C(=O)NC(C(=O)NN=Cc2cccc(OC)c2)C(C)C)cc1. The number of carbonyl (C=O) groups is 2. The van der Waals surface area contributed by atoms with Crippen LogP contribution in [-0.4, -0.2) is 38.3 Å². The summed E-state index contributed by atoms with van der Waals surface area (Å²) < 4.78 is 10.2. The number of hydrazone groups is 1. The fourth-order valence-corrected chi connectivity index (χ4v) is 2.46. The Kier molecular flexibility index (Phi) is 7.56. The van der Waals surface area contributed by atoms with Gasteiger partial charge < -0.3 is 14.8 Å². The van der Waals surface area contributed by atoms with Crippen LogP contribution in [0.5, 0.6) is 11.5 Å². The van der Waals surface area contributed by atoms with E-state index in [9.17, 15) is 9.59 Å². The van der Waals surface area contributed by atoms with E-state index in [2.05, 4.69) is 15.8 Å². The van der Waals surface area contributed by atoms with Crippen molar-refractivity contribution in [2.75, 3.05) is 14.2 Å². The number of amides is 2. The van der Waals surface area contributed by atoms with Crippen LogP contribution in [0.3, 0.4) is 0 Å². The molecule has 0 radical (unpaired) electrons. The standard InChI is InChI=1S/C21H25N3O4/c1-14(2)19(23-20(25)16-8-10-17(27-3)11-9-16)21(26)24-22-13-15-6-5-7-18(12-15)28-4/h5-14,19H,1-4H3,(H,23,25)(H,24,26). The molecule has 0 bridgehead atoms. The molecule has 2 aromatic rings. The van der Waals surface area contributed by atoms with Gasteiger partial charge in [0.2, 0.25) is 0 Å². The van der Waals surface area contributed by atoms with Crippen molar-refractivity contribution in [1.82, 2.24) is 10.7 Å². The second-order valence-corrected chi connectivity index (χ2v) is 6.43. The lowest BCUT2D eigenvalue weighted by molar-refractivity contribution is -0.123.